The minimum absolute atomic E-state index is 0.0475. The third kappa shape index (κ3) is 6.27. The molecule has 42 heavy (non-hydrogen) atoms. The van der Waals surface area contributed by atoms with E-state index in [0.717, 1.165) is 15.9 Å². The molecule has 0 radical (unpaired) electrons. The van der Waals surface area contributed by atoms with Crippen molar-refractivity contribution in [1.29, 1.82) is 5.26 Å². The fourth-order valence-corrected chi connectivity index (χ4v) is 5.63. The summed E-state index contributed by atoms with van der Waals surface area (Å²) in [5, 5.41) is 21.4. The molecule has 0 aliphatic rings. The van der Waals surface area contributed by atoms with Crippen LogP contribution in [-0.4, -0.2) is 49.8 Å². The van der Waals surface area contributed by atoms with Gasteiger partial charge in [0.1, 0.15) is 34.0 Å². The highest BCUT2D eigenvalue weighted by molar-refractivity contribution is 7.21. The van der Waals surface area contributed by atoms with Gasteiger partial charge in [-0.2, -0.15) is 15.5 Å². The summed E-state index contributed by atoms with van der Waals surface area (Å²) in [4.78, 5) is 42.1. The number of halogens is 1. The lowest BCUT2D eigenvalue weighted by Crippen LogP contribution is -2.45. The SMILES string of the molecule is COc1ccc(F)cc1[C@H](Cn1c(=O)n(CC(=O)NC(C)C)c(=O)c2c(C)c(-n3nccn3)sc21)OCC(C)(C)C#N. The number of benzene rings is 1. The first-order valence-corrected chi connectivity index (χ1v) is 14.0. The fourth-order valence-electron chi connectivity index (χ4n) is 4.41. The Balaban J connectivity index is 1.96. The largest absolute Gasteiger partial charge is 0.496 e. The summed E-state index contributed by atoms with van der Waals surface area (Å²) in [6.45, 7) is 7.89. The number of methoxy groups -OCH3 is 1. The number of amides is 1. The van der Waals surface area contributed by atoms with E-state index in [4.69, 9.17) is 9.47 Å². The van der Waals surface area contributed by atoms with Crippen LogP contribution in [0.5, 0.6) is 5.75 Å². The predicted octanol–water partition coefficient (Wildman–Crippen LogP) is 3.09. The number of thiophene rings is 1. The number of rotatable bonds is 11. The predicted molar refractivity (Wildman–Crippen MR) is 154 cm³/mol. The number of hydrogen-bond acceptors (Lipinski definition) is 9. The summed E-state index contributed by atoms with van der Waals surface area (Å²) in [5.41, 5.74) is -1.45. The van der Waals surface area contributed by atoms with E-state index in [2.05, 4.69) is 21.6 Å². The lowest BCUT2D eigenvalue weighted by molar-refractivity contribution is -0.122. The number of ether oxygens (including phenoxy) is 2. The van der Waals surface area contributed by atoms with Crippen molar-refractivity contribution in [3.8, 4) is 16.8 Å². The Bertz CT molecular complexity index is 1770. The first kappa shape index (κ1) is 30.6. The number of nitriles is 1. The van der Waals surface area contributed by atoms with E-state index in [-0.39, 0.29) is 24.6 Å². The van der Waals surface area contributed by atoms with Crippen LogP contribution in [0.3, 0.4) is 0 Å². The Hall–Kier alpha value is -4.35. The smallest absolute Gasteiger partial charge is 0.332 e. The van der Waals surface area contributed by atoms with Gasteiger partial charge in [0, 0.05) is 17.2 Å². The number of carbonyl (C=O) groups is 1. The number of aromatic nitrogens is 5. The zero-order chi connectivity index (χ0) is 30.8. The van der Waals surface area contributed by atoms with Gasteiger partial charge < -0.3 is 14.8 Å². The van der Waals surface area contributed by atoms with Gasteiger partial charge in [-0.15, -0.1) is 4.80 Å². The van der Waals surface area contributed by atoms with Crippen molar-refractivity contribution in [3.05, 3.63) is 68.4 Å². The van der Waals surface area contributed by atoms with Crippen LogP contribution in [0.4, 0.5) is 4.39 Å². The average molecular weight is 598 g/mol. The Morgan fingerprint density at radius 2 is 1.90 bits per heavy atom. The first-order chi connectivity index (χ1) is 19.9. The normalized spacial score (nSPS) is 12.5. The standard InChI is InChI=1S/C28H32FN7O5S/c1-16(2)33-22(37)13-34-24(38)23-17(3)25(36-31-9-10-32-36)42-26(23)35(27(34)39)12-21(41-15-28(4,5)14-30)19-11-18(29)7-8-20(19)40-6/h7-11,16,21H,12-13,15H2,1-6H3,(H,33,37)/t21-/m0/s1. The van der Waals surface area contributed by atoms with Crippen LogP contribution < -0.4 is 21.3 Å². The molecule has 0 unspecified atom stereocenters. The van der Waals surface area contributed by atoms with E-state index in [0.29, 0.717) is 26.7 Å². The van der Waals surface area contributed by atoms with Crippen LogP contribution in [0.2, 0.25) is 0 Å². The summed E-state index contributed by atoms with van der Waals surface area (Å²) in [7, 11) is 1.43. The second-order valence-corrected chi connectivity index (χ2v) is 11.7. The van der Waals surface area contributed by atoms with Crippen LogP contribution >= 0.6 is 11.3 Å². The zero-order valence-corrected chi connectivity index (χ0v) is 25.0. The molecule has 1 amide bonds. The molecular weight excluding hydrogens is 565 g/mol. The Labute approximate surface area is 244 Å². The molecule has 1 N–H and O–H groups in total. The molecule has 0 aliphatic carbocycles. The van der Waals surface area contributed by atoms with Crippen LogP contribution in [0, 0.1) is 29.5 Å². The van der Waals surface area contributed by atoms with Gasteiger partial charge in [0.2, 0.25) is 5.91 Å². The molecule has 0 aliphatic heterocycles. The van der Waals surface area contributed by atoms with Gasteiger partial charge in [-0.3, -0.25) is 18.7 Å². The van der Waals surface area contributed by atoms with Crippen molar-refractivity contribution < 1.29 is 18.7 Å². The highest BCUT2D eigenvalue weighted by atomic mass is 32.1. The Morgan fingerprint density at radius 1 is 1.21 bits per heavy atom. The number of nitrogens with one attached hydrogen (secondary N) is 1. The van der Waals surface area contributed by atoms with Gasteiger partial charge in [-0.05, 0) is 52.8 Å². The Morgan fingerprint density at radius 3 is 2.52 bits per heavy atom. The zero-order valence-electron chi connectivity index (χ0n) is 24.2. The molecule has 3 aromatic heterocycles. The molecule has 0 spiro atoms. The maximum Gasteiger partial charge on any atom is 0.332 e. The summed E-state index contributed by atoms with van der Waals surface area (Å²) < 4.78 is 28.4. The molecule has 14 heteroatoms. The number of fused-ring (bicyclic) bond motifs is 1. The monoisotopic (exact) mass is 597 g/mol. The topological polar surface area (TPSA) is 146 Å². The van der Waals surface area contributed by atoms with E-state index < -0.39 is 41.0 Å². The number of aryl methyl sites for hydroxylation is 1. The fraction of sp³-hybridized carbons (Fsp3) is 0.429. The molecule has 4 aromatic rings. The molecule has 12 nitrogen and oxygen atoms in total. The molecule has 0 saturated heterocycles. The number of nitrogens with zero attached hydrogens (tertiary/aromatic N) is 6. The van der Waals surface area contributed by atoms with Crippen molar-refractivity contribution in [1.82, 2.24) is 29.4 Å². The summed E-state index contributed by atoms with van der Waals surface area (Å²) in [6, 6.07) is 5.89. The van der Waals surface area contributed by atoms with E-state index in [1.807, 2.05) is 0 Å². The van der Waals surface area contributed by atoms with Gasteiger partial charge in [-0.1, -0.05) is 11.3 Å². The quantitative estimate of drug-likeness (QED) is 0.278. The molecule has 222 valence electrons. The van der Waals surface area contributed by atoms with Gasteiger partial charge in [0.05, 0.1) is 49.5 Å². The first-order valence-electron chi connectivity index (χ1n) is 13.2. The van der Waals surface area contributed by atoms with Gasteiger partial charge in [0.25, 0.3) is 5.56 Å². The highest BCUT2D eigenvalue weighted by Crippen LogP contribution is 2.34. The highest BCUT2D eigenvalue weighted by Gasteiger charge is 2.28. The van der Waals surface area contributed by atoms with Crippen molar-refractivity contribution in [2.45, 2.75) is 59.9 Å². The lowest BCUT2D eigenvalue weighted by atomic mass is 9.97. The number of carbonyl (C=O) groups excluding carboxylic acids is 1. The number of hydrogen-bond donors (Lipinski definition) is 1. The molecular formula is C28H32FN7O5S. The van der Waals surface area contributed by atoms with Crippen molar-refractivity contribution in [2.24, 2.45) is 5.41 Å². The summed E-state index contributed by atoms with van der Waals surface area (Å²) >= 11 is 1.13. The van der Waals surface area contributed by atoms with Gasteiger partial charge in [-0.25, -0.2) is 9.18 Å². The van der Waals surface area contributed by atoms with Crippen molar-refractivity contribution in [2.75, 3.05) is 13.7 Å². The molecule has 0 saturated carbocycles. The minimum atomic E-state index is -0.978. The molecule has 1 atom stereocenters. The van der Waals surface area contributed by atoms with E-state index in [1.54, 1.807) is 34.6 Å². The van der Waals surface area contributed by atoms with E-state index >= 15 is 0 Å². The second-order valence-electron chi connectivity index (χ2n) is 10.7. The average Bonchev–Trinajstić information content (AvgIpc) is 3.58. The third-order valence-corrected chi connectivity index (χ3v) is 7.74. The van der Waals surface area contributed by atoms with Crippen molar-refractivity contribution >= 4 is 27.5 Å². The molecule has 0 bridgehead atoms. The maximum atomic E-state index is 14.5. The van der Waals surface area contributed by atoms with Gasteiger partial charge >= 0.3 is 5.69 Å². The second kappa shape index (κ2) is 12.3. The third-order valence-electron chi connectivity index (χ3n) is 6.46. The van der Waals surface area contributed by atoms with Crippen LogP contribution in [-0.2, 0) is 22.6 Å². The molecule has 0 fully saturated rings. The van der Waals surface area contributed by atoms with Crippen LogP contribution in [0.1, 0.15) is 44.9 Å². The molecule has 1 aromatic carbocycles. The van der Waals surface area contributed by atoms with Crippen LogP contribution in [0.25, 0.3) is 15.2 Å². The van der Waals surface area contributed by atoms with E-state index in [9.17, 15) is 24.0 Å². The van der Waals surface area contributed by atoms with Crippen molar-refractivity contribution in [3.63, 3.8) is 0 Å². The maximum absolute atomic E-state index is 14.5. The minimum Gasteiger partial charge on any atom is -0.496 e. The molecule has 3 heterocycles. The lowest BCUT2D eigenvalue weighted by Gasteiger charge is -2.25. The van der Waals surface area contributed by atoms with Gasteiger partial charge in [0.15, 0.2) is 0 Å². The summed E-state index contributed by atoms with van der Waals surface area (Å²) in [5.74, 6) is -0.744. The van der Waals surface area contributed by atoms with Crippen LogP contribution in [0.15, 0.2) is 40.2 Å². The summed E-state index contributed by atoms with van der Waals surface area (Å²) in [6.07, 6.45) is 2.00. The Kier molecular flexibility index (Phi) is 8.93. The van der Waals surface area contributed by atoms with E-state index in [1.165, 1.54) is 47.1 Å². The molecule has 4 rings (SSSR count).